The number of carbonyl (C=O) groups excluding carboxylic acids is 1. The molecule has 4 rings (SSSR count). The van der Waals surface area contributed by atoms with E-state index in [4.69, 9.17) is 37.1 Å². The van der Waals surface area contributed by atoms with Crippen LogP contribution in [0.4, 0.5) is 5.69 Å². The van der Waals surface area contributed by atoms with Crippen LogP contribution in [0, 0.1) is 0 Å². The molecule has 1 heterocycles. The maximum absolute atomic E-state index is 12.5. The van der Waals surface area contributed by atoms with Gasteiger partial charge in [0.2, 0.25) is 5.89 Å². The summed E-state index contributed by atoms with van der Waals surface area (Å²) in [5.41, 5.74) is 2.81. The monoisotopic (exact) mass is 442 g/mol. The van der Waals surface area contributed by atoms with Crippen molar-refractivity contribution in [3.8, 4) is 23.0 Å². The van der Waals surface area contributed by atoms with Gasteiger partial charge in [0.15, 0.2) is 17.1 Å². The number of carbonyl (C=O) groups is 1. The number of nitrogens with zero attached hydrogens (tertiary/aromatic N) is 1. The van der Waals surface area contributed by atoms with E-state index in [1.807, 2.05) is 6.07 Å². The molecule has 6 nitrogen and oxygen atoms in total. The maximum Gasteiger partial charge on any atom is 0.257 e. The first-order valence-electron chi connectivity index (χ1n) is 8.88. The van der Waals surface area contributed by atoms with Crippen LogP contribution in [0.3, 0.4) is 0 Å². The van der Waals surface area contributed by atoms with Gasteiger partial charge in [-0.3, -0.25) is 4.79 Å². The van der Waals surface area contributed by atoms with Crippen molar-refractivity contribution in [1.82, 2.24) is 4.98 Å². The van der Waals surface area contributed by atoms with Crippen molar-refractivity contribution in [3.63, 3.8) is 0 Å². The molecule has 0 fully saturated rings. The number of nitrogens with one attached hydrogen (secondary N) is 1. The van der Waals surface area contributed by atoms with Crippen LogP contribution >= 0.6 is 23.2 Å². The van der Waals surface area contributed by atoms with Gasteiger partial charge in [-0.05, 0) is 54.6 Å². The number of methoxy groups -OCH3 is 2. The minimum Gasteiger partial charge on any atom is -0.493 e. The molecule has 3 aromatic carbocycles. The molecule has 4 aromatic rings. The van der Waals surface area contributed by atoms with Crippen molar-refractivity contribution in [3.05, 3.63) is 70.2 Å². The lowest BCUT2D eigenvalue weighted by Gasteiger charge is -2.07. The lowest BCUT2D eigenvalue weighted by atomic mass is 10.2. The molecule has 152 valence electrons. The highest BCUT2D eigenvalue weighted by atomic mass is 35.5. The number of hydrogen-bond donors (Lipinski definition) is 1. The van der Waals surface area contributed by atoms with E-state index in [2.05, 4.69) is 10.3 Å². The van der Waals surface area contributed by atoms with Crippen LogP contribution in [0.2, 0.25) is 10.0 Å². The molecule has 0 atom stereocenters. The lowest BCUT2D eigenvalue weighted by molar-refractivity contribution is 0.102. The predicted molar refractivity (Wildman–Crippen MR) is 117 cm³/mol. The predicted octanol–water partition coefficient (Wildman–Crippen LogP) is 6.07. The highest BCUT2D eigenvalue weighted by Crippen LogP contribution is 2.33. The van der Waals surface area contributed by atoms with Crippen molar-refractivity contribution in [1.29, 1.82) is 0 Å². The Balaban J connectivity index is 1.62. The third kappa shape index (κ3) is 3.92. The summed E-state index contributed by atoms with van der Waals surface area (Å²) in [4.78, 5) is 17.1. The molecule has 0 spiro atoms. The maximum atomic E-state index is 12.5. The van der Waals surface area contributed by atoms with Gasteiger partial charge < -0.3 is 19.2 Å². The van der Waals surface area contributed by atoms with Gasteiger partial charge >= 0.3 is 0 Å². The van der Waals surface area contributed by atoms with Crippen LogP contribution < -0.4 is 14.8 Å². The van der Waals surface area contributed by atoms with Gasteiger partial charge in [-0.2, -0.15) is 0 Å². The molecule has 0 aliphatic carbocycles. The molecular weight excluding hydrogens is 427 g/mol. The van der Waals surface area contributed by atoms with Crippen molar-refractivity contribution in [2.45, 2.75) is 0 Å². The molecule has 0 bridgehead atoms. The van der Waals surface area contributed by atoms with Crippen molar-refractivity contribution >= 4 is 45.9 Å². The molecule has 0 saturated carbocycles. The second-order valence-electron chi connectivity index (χ2n) is 6.35. The van der Waals surface area contributed by atoms with Gasteiger partial charge in [0.05, 0.1) is 24.8 Å². The Bertz CT molecular complexity index is 1250. The number of rotatable bonds is 5. The molecule has 8 heteroatoms. The Hall–Kier alpha value is -3.22. The summed E-state index contributed by atoms with van der Waals surface area (Å²) < 4.78 is 16.4. The zero-order valence-corrected chi connectivity index (χ0v) is 17.5. The van der Waals surface area contributed by atoms with E-state index >= 15 is 0 Å². The number of anilines is 1. The molecule has 0 radical (unpaired) electrons. The van der Waals surface area contributed by atoms with Gasteiger partial charge in [0.25, 0.3) is 5.91 Å². The minimum absolute atomic E-state index is 0.276. The summed E-state index contributed by atoms with van der Waals surface area (Å²) in [5, 5.41) is 3.55. The van der Waals surface area contributed by atoms with Gasteiger partial charge in [-0.25, -0.2) is 4.98 Å². The third-order valence-electron chi connectivity index (χ3n) is 4.45. The topological polar surface area (TPSA) is 73.6 Å². The Morgan fingerprint density at radius 2 is 1.77 bits per heavy atom. The molecular formula is C22H16Cl2N2O4. The fraction of sp³-hybridized carbons (Fsp3) is 0.0909. The van der Waals surface area contributed by atoms with Crippen molar-refractivity contribution < 1.29 is 18.7 Å². The quantitative estimate of drug-likeness (QED) is 0.405. The number of benzene rings is 3. The van der Waals surface area contributed by atoms with Crippen LogP contribution in [-0.4, -0.2) is 25.1 Å². The summed E-state index contributed by atoms with van der Waals surface area (Å²) in [6.45, 7) is 0. The van der Waals surface area contributed by atoms with Crippen molar-refractivity contribution in [2.24, 2.45) is 0 Å². The molecule has 0 saturated heterocycles. The van der Waals surface area contributed by atoms with Crippen LogP contribution in [0.25, 0.3) is 22.6 Å². The third-order valence-corrected chi connectivity index (χ3v) is 5.00. The van der Waals surface area contributed by atoms with E-state index in [1.165, 1.54) is 6.07 Å². The number of oxazole rings is 1. The van der Waals surface area contributed by atoms with Crippen molar-refractivity contribution in [2.75, 3.05) is 19.5 Å². The zero-order chi connectivity index (χ0) is 21.3. The zero-order valence-electron chi connectivity index (χ0n) is 16.0. The molecule has 0 aliphatic heterocycles. The first-order valence-corrected chi connectivity index (χ1v) is 9.63. The van der Waals surface area contributed by atoms with E-state index in [-0.39, 0.29) is 10.9 Å². The minimum atomic E-state index is -0.348. The number of fused-ring (bicyclic) bond motifs is 1. The second kappa shape index (κ2) is 8.26. The van der Waals surface area contributed by atoms with Gasteiger partial charge in [0, 0.05) is 16.3 Å². The summed E-state index contributed by atoms with van der Waals surface area (Å²) in [7, 11) is 3.14. The fourth-order valence-corrected chi connectivity index (χ4v) is 3.46. The fourth-order valence-electron chi connectivity index (χ4n) is 2.97. The molecule has 0 aliphatic rings. The summed E-state index contributed by atoms with van der Waals surface area (Å²) in [6.07, 6.45) is 0. The van der Waals surface area contributed by atoms with E-state index in [0.717, 1.165) is 5.56 Å². The summed E-state index contributed by atoms with van der Waals surface area (Å²) >= 11 is 12.0. The van der Waals surface area contributed by atoms with Crippen LogP contribution in [-0.2, 0) is 0 Å². The second-order valence-corrected chi connectivity index (χ2v) is 7.19. The Kier molecular flexibility index (Phi) is 5.53. The van der Waals surface area contributed by atoms with Crippen LogP contribution in [0.1, 0.15) is 10.4 Å². The Labute approximate surface area is 182 Å². The molecule has 1 amide bonds. The number of amides is 1. The normalized spacial score (nSPS) is 10.8. The largest absolute Gasteiger partial charge is 0.493 e. The standard InChI is InChI=1S/C22H16Cl2N2O4/c1-28-19-7-3-12(9-20(19)29-2)22-26-17-11-14(5-8-18(17)30-22)25-21(27)15-6-4-13(23)10-16(15)24/h3-11H,1-2H3,(H,25,27). The van der Waals surface area contributed by atoms with Crippen LogP contribution in [0.5, 0.6) is 11.5 Å². The number of aromatic nitrogens is 1. The summed E-state index contributed by atoms with van der Waals surface area (Å²) in [5.74, 6) is 1.27. The van der Waals surface area contributed by atoms with E-state index in [9.17, 15) is 4.79 Å². The smallest absolute Gasteiger partial charge is 0.257 e. The van der Waals surface area contributed by atoms with E-state index < -0.39 is 0 Å². The molecule has 0 unspecified atom stereocenters. The number of halogens is 2. The lowest BCUT2D eigenvalue weighted by Crippen LogP contribution is -2.12. The Morgan fingerprint density at radius 1 is 0.967 bits per heavy atom. The van der Waals surface area contributed by atoms with E-state index in [1.54, 1.807) is 56.7 Å². The summed E-state index contributed by atoms with van der Waals surface area (Å²) in [6, 6.07) is 15.3. The van der Waals surface area contributed by atoms with E-state index in [0.29, 0.717) is 44.8 Å². The Morgan fingerprint density at radius 3 is 2.50 bits per heavy atom. The number of ether oxygens (including phenoxy) is 2. The van der Waals surface area contributed by atoms with Gasteiger partial charge in [-0.1, -0.05) is 23.2 Å². The first kappa shape index (κ1) is 20.1. The van der Waals surface area contributed by atoms with Crippen LogP contribution in [0.15, 0.2) is 59.0 Å². The first-order chi connectivity index (χ1) is 14.5. The highest BCUT2D eigenvalue weighted by Gasteiger charge is 2.14. The highest BCUT2D eigenvalue weighted by molar-refractivity contribution is 6.37. The molecule has 1 aromatic heterocycles. The molecule has 1 N–H and O–H groups in total. The average molecular weight is 443 g/mol. The molecule has 30 heavy (non-hydrogen) atoms. The van der Waals surface area contributed by atoms with Gasteiger partial charge in [0.1, 0.15) is 5.52 Å². The van der Waals surface area contributed by atoms with Gasteiger partial charge in [-0.15, -0.1) is 0 Å². The SMILES string of the molecule is COc1ccc(-c2nc3cc(NC(=O)c4ccc(Cl)cc4Cl)ccc3o2)cc1OC. The number of hydrogen-bond acceptors (Lipinski definition) is 5. The average Bonchev–Trinajstić information content (AvgIpc) is 3.16.